The molecule has 0 spiro atoms. The van der Waals surface area contributed by atoms with E-state index in [0.29, 0.717) is 5.52 Å². The number of aliphatic hydroxyl groups excluding tert-OH is 1. The van der Waals surface area contributed by atoms with Crippen molar-refractivity contribution in [2.45, 2.75) is 6.04 Å². The van der Waals surface area contributed by atoms with E-state index in [9.17, 15) is 19.5 Å². The van der Waals surface area contributed by atoms with E-state index in [1.807, 2.05) is 5.32 Å². The smallest absolute Gasteiger partial charge is 0.328 e. The Morgan fingerprint density at radius 1 is 1.24 bits per heavy atom. The van der Waals surface area contributed by atoms with E-state index < -0.39 is 41.4 Å². The zero-order chi connectivity index (χ0) is 18.3. The SMILES string of the molecule is Cn1c(=O)c(C(=O)NC(CO)C(=O)O)c(O)c2cc3ccccc3n21. The molecule has 4 N–H and O–H groups in total. The summed E-state index contributed by atoms with van der Waals surface area (Å²) in [6.07, 6.45) is 0. The Bertz CT molecular complexity index is 1070. The molecule has 0 aliphatic rings. The second kappa shape index (κ2) is 5.95. The van der Waals surface area contributed by atoms with Gasteiger partial charge in [0.05, 0.1) is 12.1 Å². The first kappa shape index (κ1) is 16.5. The minimum absolute atomic E-state index is 0.226. The van der Waals surface area contributed by atoms with Gasteiger partial charge in [0.2, 0.25) is 0 Å². The molecule has 0 bridgehead atoms. The summed E-state index contributed by atoms with van der Waals surface area (Å²) in [6, 6.07) is 7.14. The fraction of sp³-hybridized carbons (Fsp3) is 0.188. The molecule has 0 aliphatic heterocycles. The van der Waals surface area contributed by atoms with Crippen LogP contribution in [0.15, 0.2) is 35.1 Å². The van der Waals surface area contributed by atoms with Crippen LogP contribution in [0.25, 0.3) is 16.4 Å². The Labute approximate surface area is 140 Å². The first-order valence-corrected chi connectivity index (χ1v) is 7.33. The first-order valence-electron chi connectivity index (χ1n) is 7.33. The summed E-state index contributed by atoms with van der Waals surface area (Å²) >= 11 is 0. The van der Waals surface area contributed by atoms with Crippen LogP contribution in [0.2, 0.25) is 0 Å². The fourth-order valence-corrected chi connectivity index (χ4v) is 2.74. The van der Waals surface area contributed by atoms with Crippen molar-refractivity contribution in [3.8, 4) is 5.75 Å². The molecule has 0 aliphatic carbocycles. The number of fused-ring (bicyclic) bond motifs is 3. The average Bonchev–Trinajstić information content (AvgIpc) is 2.97. The largest absolute Gasteiger partial charge is 0.505 e. The third kappa shape index (κ3) is 2.50. The molecule has 9 heteroatoms. The number of rotatable bonds is 4. The van der Waals surface area contributed by atoms with Gasteiger partial charge in [0.25, 0.3) is 11.5 Å². The number of aryl methyl sites for hydroxylation is 1. The molecular formula is C16H15N3O6. The van der Waals surface area contributed by atoms with Gasteiger partial charge in [-0.15, -0.1) is 0 Å². The summed E-state index contributed by atoms with van der Waals surface area (Å²) in [5, 5.41) is 31.1. The second-order valence-corrected chi connectivity index (χ2v) is 5.50. The maximum atomic E-state index is 12.5. The van der Waals surface area contributed by atoms with Crippen molar-refractivity contribution in [1.82, 2.24) is 14.5 Å². The van der Waals surface area contributed by atoms with Crippen molar-refractivity contribution in [2.75, 3.05) is 6.61 Å². The van der Waals surface area contributed by atoms with Crippen LogP contribution in [-0.4, -0.2) is 49.0 Å². The van der Waals surface area contributed by atoms with Crippen molar-refractivity contribution in [3.05, 3.63) is 46.2 Å². The predicted molar refractivity (Wildman–Crippen MR) is 87.8 cm³/mol. The topological polar surface area (TPSA) is 133 Å². The minimum Gasteiger partial charge on any atom is -0.505 e. The standard InChI is InChI=1S/C16H15N3O6/c1-18-15(23)12(14(22)17-9(7-20)16(24)25)13(21)11-6-8-4-2-3-5-10(8)19(11)18/h2-6,9,20-21H,7H2,1H3,(H,17,22)(H,24,25). The molecule has 1 atom stereocenters. The Hall–Kier alpha value is -3.33. The van der Waals surface area contributed by atoms with Gasteiger partial charge in [-0.05, 0) is 12.1 Å². The van der Waals surface area contributed by atoms with E-state index in [1.165, 1.54) is 11.6 Å². The van der Waals surface area contributed by atoms with Crippen molar-refractivity contribution in [2.24, 2.45) is 7.05 Å². The van der Waals surface area contributed by atoms with Crippen LogP contribution >= 0.6 is 0 Å². The number of nitrogens with one attached hydrogen (secondary N) is 1. The summed E-state index contributed by atoms with van der Waals surface area (Å²) in [5.41, 5.74) is -0.495. The van der Waals surface area contributed by atoms with Crippen molar-refractivity contribution >= 4 is 28.3 Å². The van der Waals surface area contributed by atoms with Crippen LogP contribution in [0.4, 0.5) is 0 Å². The molecule has 9 nitrogen and oxygen atoms in total. The quantitative estimate of drug-likeness (QED) is 0.512. The zero-order valence-corrected chi connectivity index (χ0v) is 13.1. The maximum Gasteiger partial charge on any atom is 0.328 e. The third-order valence-electron chi connectivity index (χ3n) is 3.99. The van der Waals surface area contributed by atoms with E-state index in [-0.39, 0.29) is 5.52 Å². The molecule has 3 rings (SSSR count). The van der Waals surface area contributed by atoms with E-state index in [1.54, 1.807) is 30.3 Å². The monoisotopic (exact) mass is 345 g/mol. The molecule has 3 aromatic rings. The number of aromatic hydroxyl groups is 1. The number of carbonyl (C=O) groups is 2. The van der Waals surface area contributed by atoms with Gasteiger partial charge in [-0.25, -0.2) is 14.0 Å². The highest BCUT2D eigenvalue weighted by molar-refractivity contribution is 6.01. The number of hydrogen-bond donors (Lipinski definition) is 4. The lowest BCUT2D eigenvalue weighted by atomic mass is 10.2. The van der Waals surface area contributed by atoms with Gasteiger partial charge in [-0.2, -0.15) is 0 Å². The summed E-state index contributed by atoms with van der Waals surface area (Å²) in [5.74, 6) is -3.09. The molecule has 0 fully saturated rings. The molecule has 25 heavy (non-hydrogen) atoms. The number of hydrogen-bond acceptors (Lipinski definition) is 5. The number of benzene rings is 1. The number of aromatic nitrogens is 2. The molecule has 0 saturated heterocycles. The van der Waals surface area contributed by atoms with Crippen LogP contribution in [0.3, 0.4) is 0 Å². The number of carboxylic acids is 1. The molecule has 0 radical (unpaired) electrons. The maximum absolute atomic E-state index is 12.5. The van der Waals surface area contributed by atoms with E-state index in [4.69, 9.17) is 10.2 Å². The molecule has 2 heterocycles. The van der Waals surface area contributed by atoms with Crippen molar-refractivity contribution in [3.63, 3.8) is 0 Å². The second-order valence-electron chi connectivity index (χ2n) is 5.50. The number of carbonyl (C=O) groups excluding carboxylic acids is 1. The summed E-state index contributed by atoms with van der Waals surface area (Å²) in [6.45, 7) is -0.848. The van der Waals surface area contributed by atoms with Crippen molar-refractivity contribution < 1.29 is 24.9 Å². The van der Waals surface area contributed by atoms with Gasteiger partial charge in [-0.3, -0.25) is 9.59 Å². The van der Waals surface area contributed by atoms with Gasteiger partial charge in [0.1, 0.15) is 11.1 Å². The molecule has 2 aromatic heterocycles. The highest BCUT2D eigenvalue weighted by atomic mass is 16.4. The lowest BCUT2D eigenvalue weighted by Crippen LogP contribution is -2.45. The highest BCUT2D eigenvalue weighted by Crippen LogP contribution is 2.27. The minimum atomic E-state index is -1.58. The highest BCUT2D eigenvalue weighted by Gasteiger charge is 2.26. The molecule has 1 aromatic carbocycles. The van der Waals surface area contributed by atoms with Crippen molar-refractivity contribution in [1.29, 1.82) is 0 Å². The lowest BCUT2D eigenvalue weighted by molar-refractivity contribution is -0.140. The third-order valence-corrected chi connectivity index (χ3v) is 3.99. The summed E-state index contributed by atoms with van der Waals surface area (Å²) < 4.78 is 2.62. The van der Waals surface area contributed by atoms with Crippen LogP contribution in [0.1, 0.15) is 10.4 Å². The van der Waals surface area contributed by atoms with Crippen LogP contribution in [-0.2, 0) is 11.8 Å². The van der Waals surface area contributed by atoms with Gasteiger partial charge in [0, 0.05) is 12.4 Å². The number of aliphatic hydroxyl groups is 1. The number of nitrogens with zero attached hydrogens (tertiary/aromatic N) is 2. The first-order chi connectivity index (χ1) is 11.9. The Kier molecular flexibility index (Phi) is 3.93. The average molecular weight is 345 g/mol. The Morgan fingerprint density at radius 2 is 1.92 bits per heavy atom. The van der Waals surface area contributed by atoms with E-state index in [0.717, 1.165) is 10.1 Å². The van der Waals surface area contributed by atoms with Gasteiger partial charge >= 0.3 is 5.97 Å². The van der Waals surface area contributed by atoms with E-state index in [2.05, 4.69) is 0 Å². The molecule has 0 saturated carbocycles. The normalized spacial score (nSPS) is 12.4. The number of amides is 1. The molecule has 130 valence electrons. The van der Waals surface area contributed by atoms with Gasteiger partial charge in [-0.1, -0.05) is 18.2 Å². The number of aliphatic carboxylic acids is 1. The molecule has 1 amide bonds. The summed E-state index contributed by atoms with van der Waals surface area (Å²) in [7, 11) is 1.43. The number of carboxylic acid groups (broad SMARTS) is 1. The van der Waals surface area contributed by atoms with Crippen LogP contribution in [0, 0.1) is 0 Å². The fourth-order valence-electron chi connectivity index (χ4n) is 2.74. The van der Waals surface area contributed by atoms with E-state index >= 15 is 0 Å². The van der Waals surface area contributed by atoms with Crippen LogP contribution in [0.5, 0.6) is 5.75 Å². The summed E-state index contributed by atoms with van der Waals surface area (Å²) in [4.78, 5) is 35.8. The number of para-hydroxylation sites is 1. The molecular weight excluding hydrogens is 330 g/mol. The van der Waals surface area contributed by atoms with Gasteiger partial charge in [0.15, 0.2) is 11.8 Å². The predicted octanol–water partition coefficient (Wildman–Crippen LogP) is -0.328. The Balaban J connectivity index is 2.23. The Morgan fingerprint density at radius 3 is 2.56 bits per heavy atom. The van der Waals surface area contributed by atoms with Crippen LogP contribution < -0.4 is 10.9 Å². The lowest BCUT2D eigenvalue weighted by Gasteiger charge is -2.14. The van der Waals surface area contributed by atoms with Gasteiger partial charge < -0.3 is 20.6 Å². The molecule has 1 unspecified atom stereocenters. The zero-order valence-electron chi connectivity index (χ0n) is 13.1.